The third kappa shape index (κ3) is 1.55. The summed E-state index contributed by atoms with van der Waals surface area (Å²) < 4.78 is 8.74. The van der Waals surface area contributed by atoms with Crippen LogP contribution in [-0.4, -0.2) is 17.7 Å². The maximum absolute atomic E-state index is 6.47. The quantitative estimate of drug-likeness (QED) is 0.831. The number of benzene rings is 1. The van der Waals surface area contributed by atoms with E-state index in [9.17, 15) is 0 Å². The van der Waals surface area contributed by atoms with Crippen molar-refractivity contribution in [1.29, 1.82) is 0 Å². The van der Waals surface area contributed by atoms with E-state index in [0.717, 1.165) is 37.4 Å². The number of piperidine rings is 1. The van der Waals surface area contributed by atoms with Gasteiger partial charge in [-0.1, -0.05) is 12.1 Å². The zero-order valence-electron chi connectivity index (χ0n) is 11.4. The lowest BCUT2D eigenvalue weighted by Crippen LogP contribution is -2.47. The highest BCUT2D eigenvalue weighted by Crippen LogP contribution is 2.45. The summed E-state index contributed by atoms with van der Waals surface area (Å²) in [6.45, 7) is 2.53. The Balaban J connectivity index is 1.95. The summed E-state index contributed by atoms with van der Waals surface area (Å²) in [5.41, 5.74) is 9.28. The monoisotopic (exact) mass is 269 g/mol. The normalized spacial score (nSPS) is 19.2. The molecule has 0 aliphatic carbocycles. The lowest BCUT2D eigenvalue weighted by atomic mass is 9.85. The molecule has 0 atom stereocenters. The van der Waals surface area contributed by atoms with E-state index < -0.39 is 0 Å². The number of nitrogens with two attached hydrogens (primary N) is 1. The first kappa shape index (κ1) is 12.0. The van der Waals surface area contributed by atoms with Crippen LogP contribution in [0.2, 0.25) is 0 Å². The zero-order valence-corrected chi connectivity index (χ0v) is 11.4. The lowest BCUT2D eigenvalue weighted by Gasteiger charge is -2.43. The van der Waals surface area contributed by atoms with Gasteiger partial charge in [0.25, 0.3) is 0 Å². The molecule has 4 rings (SSSR count). The maximum atomic E-state index is 6.47. The third-order valence-corrected chi connectivity index (χ3v) is 4.46. The molecule has 0 amide bonds. The molecule has 2 aromatic rings. The van der Waals surface area contributed by atoms with Crippen molar-refractivity contribution in [3.05, 3.63) is 47.8 Å². The van der Waals surface area contributed by atoms with Gasteiger partial charge in [-0.15, -0.1) is 0 Å². The summed E-state index contributed by atoms with van der Waals surface area (Å²) in [5.74, 6) is 0.973. The van der Waals surface area contributed by atoms with Gasteiger partial charge in [-0.2, -0.15) is 0 Å². The van der Waals surface area contributed by atoms with Crippen molar-refractivity contribution in [1.82, 2.24) is 9.88 Å². The Morgan fingerprint density at radius 1 is 1.20 bits per heavy atom. The molecule has 1 aromatic heterocycles. The van der Waals surface area contributed by atoms with Gasteiger partial charge in [-0.3, -0.25) is 0 Å². The topological polar surface area (TPSA) is 52.2 Å². The highest BCUT2D eigenvalue weighted by molar-refractivity contribution is 5.53. The van der Waals surface area contributed by atoms with E-state index >= 15 is 0 Å². The van der Waals surface area contributed by atoms with Crippen LogP contribution in [-0.2, 0) is 12.1 Å². The summed E-state index contributed by atoms with van der Waals surface area (Å²) in [6.07, 6.45) is 4.10. The fraction of sp³-hybridized carbons (Fsp3) is 0.375. The molecule has 2 aliphatic rings. The lowest BCUT2D eigenvalue weighted by molar-refractivity contribution is 0.0194. The van der Waals surface area contributed by atoms with Gasteiger partial charge in [0.1, 0.15) is 5.75 Å². The Bertz CT molecular complexity index is 641. The van der Waals surface area contributed by atoms with Crippen LogP contribution in [0.1, 0.15) is 24.1 Å². The van der Waals surface area contributed by atoms with E-state index in [0.29, 0.717) is 6.54 Å². The molecule has 104 valence electrons. The molecular formula is C16H19N3O. The molecule has 1 spiro atoms. The number of nitrogens with one attached hydrogen (secondary N) is 1. The third-order valence-electron chi connectivity index (χ3n) is 4.46. The van der Waals surface area contributed by atoms with Crippen LogP contribution in [0.4, 0.5) is 0 Å². The molecule has 4 heteroatoms. The molecule has 0 unspecified atom stereocenters. The van der Waals surface area contributed by atoms with Crippen LogP contribution >= 0.6 is 0 Å². The first-order chi connectivity index (χ1) is 9.84. The van der Waals surface area contributed by atoms with Gasteiger partial charge >= 0.3 is 0 Å². The predicted octanol–water partition coefficient (Wildman–Crippen LogP) is 1.91. The highest BCUT2D eigenvalue weighted by atomic mass is 16.5. The highest BCUT2D eigenvalue weighted by Gasteiger charge is 2.43. The zero-order chi connectivity index (χ0) is 13.6. The summed E-state index contributed by atoms with van der Waals surface area (Å²) in [4.78, 5) is 0. The summed E-state index contributed by atoms with van der Waals surface area (Å²) in [7, 11) is 0. The smallest absolute Gasteiger partial charge is 0.152 e. The van der Waals surface area contributed by atoms with Crippen LogP contribution in [0.5, 0.6) is 5.75 Å². The van der Waals surface area contributed by atoms with Gasteiger partial charge in [-0.05, 0) is 36.9 Å². The van der Waals surface area contributed by atoms with Crippen LogP contribution in [0.15, 0.2) is 36.5 Å². The van der Waals surface area contributed by atoms with E-state index in [1.807, 2.05) is 6.07 Å². The van der Waals surface area contributed by atoms with E-state index in [1.165, 1.54) is 11.3 Å². The number of aromatic nitrogens is 1. The van der Waals surface area contributed by atoms with Crippen molar-refractivity contribution in [3.63, 3.8) is 0 Å². The van der Waals surface area contributed by atoms with E-state index in [-0.39, 0.29) is 5.60 Å². The Morgan fingerprint density at radius 2 is 2.00 bits per heavy atom. The number of hydrogen-bond donors (Lipinski definition) is 2. The molecule has 2 aliphatic heterocycles. The van der Waals surface area contributed by atoms with Gasteiger partial charge in [0.2, 0.25) is 0 Å². The molecule has 20 heavy (non-hydrogen) atoms. The largest absolute Gasteiger partial charge is 0.479 e. The Morgan fingerprint density at radius 3 is 2.80 bits per heavy atom. The molecule has 0 radical (unpaired) electrons. The van der Waals surface area contributed by atoms with E-state index in [2.05, 4.69) is 40.3 Å². The van der Waals surface area contributed by atoms with Crippen molar-refractivity contribution < 1.29 is 4.74 Å². The predicted molar refractivity (Wildman–Crippen MR) is 78.1 cm³/mol. The van der Waals surface area contributed by atoms with Crippen molar-refractivity contribution in [2.45, 2.75) is 25.0 Å². The number of hydrogen-bond acceptors (Lipinski definition) is 3. The van der Waals surface area contributed by atoms with Crippen LogP contribution in [0.25, 0.3) is 5.69 Å². The average Bonchev–Trinajstić information content (AvgIpc) is 2.94. The molecule has 0 bridgehead atoms. The fourth-order valence-corrected chi connectivity index (χ4v) is 3.52. The van der Waals surface area contributed by atoms with Gasteiger partial charge in [0, 0.05) is 25.6 Å². The van der Waals surface area contributed by atoms with Gasteiger partial charge < -0.3 is 20.4 Å². The number of nitrogens with zero attached hydrogens (tertiary/aromatic N) is 1. The molecule has 4 nitrogen and oxygen atoms in total. The first-order valence-corrected chi connectivity index (χ1v) is 7.24. The minimum absolute atomic E-state index is 0.224. The van der Waals surface area contributed by atoms with Gasteiger partial charge in [0.05, 0.1) is 11.4 Å². The molecule has 0 saturated carbocycles. The van der Waals surface area contributed by atoms with E-state index in [1.54, 1.807) is 0 Å². The Hall–Kier alpha value is -1.78. The second-order valence-corrected chi connectivity index (χ2v) is 5.58. The van der Waals surface area contributed by atoms with Crippen LogP contribution < -0.4 is 15.8 Å². The Labute approximate surface area is 118 Å². The van der Waals surface area contributed by atoms with Gasteiger partial charge in [-0.25, -0.2) is 0 Å². The Kier molecular flexibility index (Phi) is 2.62. The van der Waals surface area contributed by atoms with Crippen molar-refractivity contribution in [2.24, 2.45) is 5.73 Å². The standard InChI is InChI=1S/C16H19N3O/c17-11-12-5-10-19-13-3-1-2-4-14(13)20-16(15(12)19)6-8-18-9-7-16/h1-5,10,18H,6-9,11,17H2. The summed E-state index contributed by atoms with van der Waals surface area (Å²) in [6, 6.07) is 10.4. The van der Waals surface area contributed by atoms with E-state index in [4.69, 9.17) is 10.5 Å². The van der Waals surface area contributed by atoms with Crippen LogP contribution in [0, 0.1) is 0 Å². The molecular weight excluding hydrogens is 250 g/mol. The summed E-state index contributed by atoms with van der Waals surface area (Å²) in [5, 5.41) is 3.42. The fourth-order valence-electron chi connectivity index (χ4n) is 3.52. The SMILES string of the molecule is NCc1ccn2c1C1(CCNCC1)Oc1ccccc1-2. The first-order valence-electron chi connectivity index (χ1n) is 7.24. The molecule has 1 fully saturated rings. The second kappa shape index (κ2) is 4.36. The number of ether oxygens (including phenoxy) is 1. The van der Waals surface area contributed by atoms with Crippen molar-refractivity contribution in [2.75, 3.05) is 13.1 Å². The minimum atomic E-state index is -0.224. The summed E-state index contributed by atoms with van der Waals surface area (Å²) >= 11 is 0. The number of rotatable bonds is 1. The van der Waals surface area contributed by atoms with Gasteiger partial charge in [0.15, 0.2) is 5.60 Å². The number of fused-ring (bicyclic) bond motifs is 4. The molecule has 3 N–H and O–H groups in total. The molecule has 3 heterocycles. The second-order valence-electron chi connectivity index (χ2n) is 5.58. The minimum Gasteiger partial charge on any atom is -0.479 e. The molecule has 1 aromatic carbocycles. The van der Waals surface area contributed by atoms with Crippen molar-refractivity contribution in [3.8, 4) is 11.4 Å². The van der Waals surface area contributed by atoms with Crippen LogP contribution in [0.3, 0.4) is 0 Å². The number of para-hydroxylation sites is 2. The molecule has 1 saturated heterocycles. The average molecular weight is 269 g/mol. The maximum Gasteiger partial charge on any atom is 0.152 e. The van der Waals surface area contributed by atoms with Crippen molar-refractivity contribution >= 4 is 0 Å².